The van der Waals surface area contributed by atoms with Crippen LogP contribution in [-0.2, 0) is 0 Å². The van der Waals surface area contributed by atoms with Gasteiger partial charge in [0.25, 0.3) is 0 Å². The lowest BCUT2D eigenvalue weighted by Crippen LogP contribution is -2.40. The molecule has 0 aromatic rings. The fourth-order valence-electron chi connectivity index (χ4n) is 2.48. The van der Waals surface area contributed by atoms with Gasteiger partial charge in [-0.25, -0.2) is 4.79 Å². The number of carbonyl (C=O) groups is 1. The van der Waals surface area contributed by atoms with Crippen LogP contribution in [0.25, 0.3) is 0 Å². The van der Waals surface area contributed by atoms with Crippen molar-refractivity contribution in [2.75, 3.05) is 0 Å². The zero-order chi connectivity index (χ0) is 11.4. The van der Waals surface area contributed by atoms with Crippen LogP contribution in [0.1, 0.15) is 39.5 Å². The van der Waals surface area contributed by atoms with Crippen LogP contribution in [0.2, 0.25) is 0 Å². The number of carboxylic acid groups (broad SMARTS) is 1. The van der Waals surface area contributed by atoms with Gasteiger partial charge in [0.15, 0.2) is 0 Å². The molecule has 15 heavy (non-hydrogen) atoms. The molecule has 4 nitrogen and oxygen atoms in total. The molecule has 0 bridgehead atoms. The molecular formula is C11H22N2O2. The molecule has 1 fully saturated rings. The van der Waals surface area contributed by atoms with Gasteiger partial charge in [-0.05, 0) is 51.4 Å². The third-order valence-electron chi connectivity index (χ3n) is 3.62. The van der Waals surface area contributed by atoms with E-state index in [9.17, 15) is 4.79 Å². The number of amides is 1. The molecule has 1 aliphatic carbocycles. The van der Waals surface area contributed by atoms with Crippen LogP contribution in [0.3, 0.4) is 0 Å². The third kappa shape index (κ3) is 3.70. The molecule has 0 aliphatic heterocycles. The van der Waals surface area contributed by atoms with E-state index in [2.05, 4.69) is 12.2 Å². The second kappa shape index (κ2) is 5.35. The van der Waals surface area contributed by atoms with Crippen LogP contribution in [-0.4, -0.2) is 23.3 Å². The zero-order valence-corrected chi connectivity index (χ0v) is 9.57. The van der Waals surface area contributed by atoms with E-state index in [1.165, 1.54) is 0 Å². The lowest BCUT2D eigenvalue weighted by molar-refractivity contribution is 0.172. The van der Waals surface area contributed by atoms with Crippen LogP contribution >= 0.6 is 0 Å². The Bertz CT molecular complexity index is 211. The second-order valence-electron chi connectivity index (χ2n) is 4.77. The van der Waals surface area contributed by atoms with E-state index in [-0.39, 0.29) is 12.1 Å². The highest BCUT2D eigenvalue weighted by Gasteiger charge is 2.27. The highest BCUT2D eigenvalue weighted by Crippen LogP contribution is 2.31. The summed E-state index contributed by atoms with van der Waals surface area (Å²) in [4.78, 5) is 10.5. The van der Waals surface area contributed by atoms with Gasteiger partial charge in [-0.2, -0.15) is 0 Å². The maximum atomic E-state index is 10.5. The number of hydrogen-bond donors (Lipinski definition) is 3. The molecule has 0 spiro atoms. The van der Waals surface area contributed by atoms with E-state index in [0.717, 1.165) is 25.7 Å². The molecule has 0 aromatic carbocycles. The molecule has 0 aromatic heterocycles. The first-order valence-corrected chi connectivity index (χ1v) is 5.75. The Morgan fingerprint density at radius 2 is 1.73 bits per heavy atom. The first kappa shape index (κ1) is 12.3. The van der Waals surface area contributed by atoms with Crippen molar-refractivity contribution in [2.45, 2.75) is 51.6 Å². The molecule has 4 N–H and O–H groups in total. The van der Waals surface area contributed by atoms with Crippen molar-refractivity contribution < 1.29 is 9.90 Å². The molecule has 1 amide bonds. The van der Waals surface area contributed by atoms with E-state index in [1.807, 2.05) is 6.92 Å². The Kier molecular flexibility index (Phi) is 4.39. The topological polar surface area (TPSA) is 75.3 Å². The van der Waals surface area contributed by atoms with Gasteiger partial charge in [-0.1, -0.05) is 0 Å². The predicted molar refractivity (Wildman–Crippen MR) is 59.7 cm³/mol. The van der Waals surface area contributed by atoms with E-state index in [4.69, 9.17) is 10.8 Å². The molecule has 1 unspecified atom stereocenters. The lowest BCUT2D eigenvalue weighted by atomic mass is 9.76. The normalized spacial score (nSPS) is 30.6. The molecule has 0 saturated heterocycles. The van der Waals surface area contributed by atoms with Crippen molar-refractivity contribution in [1.29, 1.82) is 0 Å². The molecule has 88 valence electrons. The maximum absolute atomic E-state index is 10.5. The summed E-state index contributed by atoms with van der Waals surface area (Å²) < 4.78 is 0. The average Bonchev–Trinajstić information content (AvgIpc) is 2.17. The Hall–Kier alpha value is -0.770. The van der Waals surface area contributed by atoms with Gasteiger partial charge < -0.3 is 16.2 Å². The SMILES string of the molecule is CC(NC(=O)O)C1CCC([C@H](C)N)CC1. The van der Waals surface area contributed by atoms with E-state index < -0.39 is 6.09 Å². The van der Waals surface area contributed by atoms with Crippen molar-refractivity contribution in [3.05, 3.63) is 0 Å². The molecule has 4 heteroatoms. The predicted octanol–water partition coefficient (Wildman–Crippen LogP) is 1.80. The Labute approximate surface area is 91.2 Å². The van der Waals surface area contributed by atoms with Crippen molar-refractivity contribution >= 4 is 6.09 Å². The Morgan fingerprint density at radius 3 is 2.13 bits per heavy atom. The highest BCUT2D eigenvalue weighted by atomic mass is 16.4. The summed E-state index contributed by atoms with van der Waals surface area (Å²) in [5, 5.41) is 11.2. The van der Waals surface area contributed by atoms with Crippen molar-refractivity contribution in [3.63, 3.8) is 0 Å². The van der Waals surface area contributed by atoms with Gasteiger partial charge in [0, 0.05) is 12.1 Å². The van der Waals surface area contributed by atoms with Gasteiger partial charge in [0.05, 0.1) is 0 Å². The quantitative estimate of drug-likeness (QED) is 0.670. The summed E-state index contributed by atoms with van der Waals surface area (Å²) in [5.74, 6) is 1.11. The Morgan fingerprint density at radius 1 is 1.27 bits per heavy atom. The summed E-state index contributed by atoms with van der Waals surface area (Å²) in [6.45, 7) is 4.01. The van der Waals surface area contributed by atoms with Gasteiger partial charge in [0.1, 0.15) is 0 Å². The number of nitrogens with two attached hydrogens (primary N) is 1. The number of rotatable bonds is 3. The fourth-order valence-corrected chi connectivity index (χ4v) is 2.48. The summed E-state index contributed by atoms with van der Waals surface area (Å²) in [6.07, 6.45) is 3.53. The molecule has 0 heterocycles. The molecular weight excluding hydrogens is 192 g/mol. The minimum absolute atomic E-state index is 0.0662. The number of nitrogens with one attached hydrogen (secondary N) is 1. The minimum Gasteiger partial charge on any atom is -0.465 e. The van der Waals surface area contributed by atoms with Crippen LogP contribution in [0.15, 0.2) is 0 Å². The standard InChI is InChI=1S/C11H22N2O2/c1-7(12)9-3-5-10(6-4-9)8(2)13-11(14)15/h7-10,13H,3-6,12H2,1-2H3,(H,14,15)/t7-,8?,9?,10?/m0/s1. The van der Waals surface area contributed by atoms with E-state index in [1.54, 1.807) is 0 Å². The minimum atomic E-state index is -0.920. The third-order valence-corrected chi connectivity index (χ3v) is 3.62. The maximum Gasteiger partial charge on any atom is 0.404 e. The van der Waals surface area contributed by atoms with Crippen LogP contribution < -0.4 is 11.1 Å². The van der Waals surface area contributed by atoms with Crippen LogP contribution in [0.5, 0.6) is 0 Å². The first-order valence-electron chi connectivity index (χ1n) is 5.75. The molecule has 1 aliphatic rings. The second-order valence-corrected chi connectivity index (χ2v) is 4.77. The van der Waals surface area contributed by atoms with Crippen LogP contribution in [0, 0.1) is 11.8 Å². The highest BCUT2D eigenvalue weighted by molar-refractivity contribution is 5.64. The van der Waals surface area contributed by atoms with E-state index >= 15 is 0 Å². The average molecular weight is 214 g/mol. The molecule has 2 atom stereocenters. The van der Waals surface area contributed by atoms with Gasteiger partial charge >= 0.3 is 6.09 Å². The van der Waals surface area contributed by atoms with Gasteiger partial charge in [-0.3, -0.25) is 0 Å². The van der Waals surface area contributed by atoms with Crippen molar-refractivity contribution in [2.24, 2.45) is 17.6 Å². The number of hydrogen-bond acceptors (Lipinski definition) is 2. The lowest BCUT2D eigenvalue weighted by Gasteiger charge is -2.33. The zero-order valence-electron chi connectivity index (χ0n) is 9.57. The molecule has 0 radical (unpaired) electrons. The molecule has 1 saturated carbocycles. The van der Waals surface area contributed by atoms with Gasteiger partial charge in [0.2, 0.25) is 0 Å². The summed E-state index contributed by atoms with van der Waals surface area (Å²) in [5.41, 5.74) is 5.86. The summed E-state index contributed by atoms with van der Waals surface area (Å²) in [7, 11) is 0. The smallest absolute Gasteiger partial charge is 0.404 e. The fraction of sp³-hybridized carbons (Fsp3) is 0.909. The van der Waals surface area contributed by atoms with Gasteiger partial charge in [-0.15, -0.1) is 0 Å². The molecule has 1 rings (SSSR count). The monoisotopic (exact) mass is 214 g/mol. The first-order chi connectivity index (χ1) is 7.00. The summed E-state index contributed by atoms with van der Waals surface area (Å²) in [6, 6.07) is 0.338. The largest absolute Gasteiger partial charge is 0.465 e. The van der Waals surface area contributed by atoms with Crippen molar-refractivity contribution in [3.8, 4) is 0 Å². The summed E-state index contributed by atoms with van der Waals surface area (Å²) >= 11 is 0. The van der Waals surface area contributed by atoms with Crippen molar-refractivity contribution in [1.82, 2.24) is 5.32 Å². The van der Waals surface area contributed by atoms with E-state index in [0.29, 0.717) is 11.8 Å². The van der Waals surface area contributed by atoms with Crippen LogP contribution in [0.4, 0.5) is 4.79 Å². The Balaban J connectivity index is 2.33.